The summed E-state index contributed by atoms with van der Waals surface area (Å²) in [6.45, 7) is 1.05. The number of aryl methyl sites for hydroxylation is 1. The summed E-state index contributed by atoms with van der Waals surface area (Å²) in [6, 6.07) is 1.19. The fourth-order valence-electron chi connectivity index (χ4n) is 5.78. The second kappa shape index (κ2) is 5.64. The average Bonchev–Trinajstić information content (AvgIpc) is 3.18. The summed E-state index contributed by atoms with van der Waals surface area (Å²) < 4.78 is 1.91. The molecule has 1 aromatic rings. The van der Waals surface area contributed by atoms with Gasteiger partial charge >= 0.3 is 0 Å². The van der Waals surface area contributed by atoms with E-state index in [-0.39, 0.29) is 0 Å². The minimum atomic E-state index is 0.423. The quantitative estimate of drug-likeness (QED) is 0.907. The Kier molecular flexibility index (Phi) is 3.77. The van der Waals surface area contributed by atoms with Gasteiger partial charge in [-0.25, -0.2) is 0 Å². The van der Waals surface area contributed by atoms with Gasteiger partial charge in [-0.3, -0.25) is 4.68 Å². The lowest BCUT2D eigenvalue weighted by Crippen LogP contribution is -2.43. The summed E-state index contributed by atoms with van der Waals surface area (Å²) in [5.41, 5.74) is 1.32. The first kappa shape index (κ1) is 14.7. The Morgan fingerprint density at radius 2 is 2.09 bits per heavy atom. The summed E-state index contributed by atoms with van der Waals surface area (Å²) in [5, 5.41) is 8.28. The molecule has 3 aliphatic rings. The molecule has 0 unspecified atom stereocenters. The van der Waals surface area contributed by atoms with Crippen LogP contribution in [0.3, 0.4) is 0 Å². The Morgan fingerprint density at radius 1 is 1.27 bits per heavy atom. The van der Waals surface area contributed by atoms with E-state index in [0.717, 1.165) is 36.3 Å². The fourth-order valence-corrected chi connectivity index (χ4v) is 5.78. The van der Waals surface area contributed by atoms with E-state index < -0.39 is 0 Å². The number of hydrogen-bond donors (Lipinski definition) is 1. The van der Waals surface area contributed by atoms with Gasteiger partial charge in [-0.1, -0.05) is 6.42 Å². The van der Waals surface area contributed by atoms with Crippen molar-refractivity contribution in [1.29, 1.82) is 0 Å². The summed E-state index contributed by atoms with van der Waals surface area (Å²) in [7, 11) is 6.35. The van der Waals surface area contributed by atoms with Crippen LogP contribution in [0.5, 0.6) is 0 Å². The number of likely N-dealkylation sites (N-methyl/N-ethyl adjacent to an activating group) is 1. The summed E-state index contributed by atoms with van der Waals surface area (Å²) in [5.74, 6) is 4.14. The van der Waals surface area contributed by atoms with Crippen LogP contribution >= 0.6 is 0 Å². The average molecular weight is 302 g/mol. The Balaban J connectivity index is 1.39. The zero-order valence-corrected chi connectivity index (χ0v) is 14.2. The smallest absolute Gasteiger partial charge is 0.0538 e. The number of rotatable bonds is 5. The highest BCUT2D eigenvalue weighted by molar-refractivity contribution is 5.12. The second-order valence-electron chi connectivity index (χ2n) is 8.10. The van der Waals surface area contributed by atoms with Crippen LogP contribution in [0.1, 0.15) is 43.7 Å². The molecule has 2 bridgehead atoms. The molecule has 0 saturated heterocycles. The van der Waals surface area contributed by atoms with Crippen molar-refractivity contribution in [2.24, 2.45) is 30.7 Å². The summed E-state index contributed by atoms with van der Waals surface area (Å²) in [4.78, 5) is 2.32. The van der Waals surface area contributed by atoms with Crippen LogP contribution in [-0.4, -0.2) is 41.4 Å². The van der Waals surface area contributed by atoms with Crippen molar-refractivity contribution in [1.82, 2.24) is 20.0 Å². The number of nitrogens with zero attached hydrogens (tertiary/aromatic N) is 3. The fraction of sp³-hybridized carbons (Fsp3) is 0.833. The lowest BCUT2D eigenvalue weighted by Gasteiger charge is -2.34. The maximum atomic E-state index is 4.34. The predicted molar refractivity (Wildman–Crippen MR) is 88.5 cm³/mol. The van der Waals surface area contributed by atoms with Gasteiger partial charge in [0.1, 0.15) is 0 Å². The van der Waals surface area contributed by atoms with E-state index in [2.05, 4.69) is 35.6 Å². The van der Waals surface area contributed by atoms with Gasteiger partial charge < -0.3 is 10.2 Å². The first-order chi connectivity index (χ1) is 10.6. The Morgan fingerprint density at radius 3 is 2.82 bits per heavy atom. The van der Waals surface area contributed by atoms with Crippen molar-refractivity contribution < 1.29 is 0 Å². The van der Waals surface area contributed by atoms with Crippen molar-refractivity contribution in [3.05, 3.63) is 18.0 Å². The van der Waals surface area contributed by atoms with Crippen LogP contribution in [0, 0.1) is 23.7 Å². The molecule has 1 N–H and O–H groups in total. The molecule has 0 radical (unpaired) electrons. The van der Waals surface area contributed by atoms with Gasteiger partial charge in [0.25, 0.3) is 0 Å². The standard InChI is InChI=1S/C18H30N4/c1-21(2)18(13-9-20-22(3)11-13)10-19-17-8-12-7-16(17)15-6-4-5-14(12)15/h9,11-12,14-19H,4-8,10H2,1-3H3/t12-,14-,15-,16+,17-,18-/m1/s1. The van der Waals surface area contributed by atoms with Crippen LogP contribution in [0.2, 0.25) is 0 Å². The number of aromatic nitrogens is 2. The van der Waals surface area contributed by atoms with E-state index in [1.165, 1.54) is 37.7 Å². The van der Waals surface area contributed by atoms with E-state index in [0.29, 0.717) is 6.04 Å². The molecule has 0 aliphatic heterocycles. The van der Waals surface area contributed by atoms with Gasteiger partial charge in [-0.05, 0) is 63.5 Å². The van der Waals surface area contributed by atoms with Crippen molar-refractivity contribution in [2.75, 3.05) is 20.6 Å². The van der Waals surface area contributed by atoms with Gasteiger partial charge in [0.2, 0.25) is 0 Å². The Bertz CT molecular complexity index is 523. The Labute approximate surface area is 134 Å². The van der Waals surface area contributed by atoms with Crippen molar-refractivity contribution in [3.8, 4) is 0 Å². The third kappa shape index (κ3) is 2.41. The lowest BCUT2D eigenvalue weighted by atomic mass is 9.79. The molecule has 3 fully saturated rings. The third-order valence-corrected chi connectivity index (χ3v) is 6.74. The number of fused-ring (bicyclic) bond motifs is 5. The molecule has 6 atom stereocenters. The molecule has 4 rings (SSSR count). The molecule has 0 spiro atoms. The zero-order valence-electron chi connectivity index (χ0n) is 14.2. The molecule has 4 nitrogen and oxygen atoms in total. The van der Waals surface area contributed by atoms with Gasteiger partial charge in [-0.2, -0.15) is 5.10 Å². The predicted octanol–water partition coefficient (Wildman–Crippen LogP) is 2.44. The van der Waals surface area contributed by atoms with Crippen LogP contribution < -0.4 is 5.32 Å². The van der Waals surface area contributed by atoms with Crippen LogP contribution in [0.25, 0.3) is 0 Å². The molecular weight excluding hydrogens is 272 g/mol. The maximum absolute atomic E-state index is 4.34. The van der Waals surface area contributed by atoms with Gasteiger partial charge in [-0.15, -0.1) is 0 Å². The zero-order chi connectivity index (χ0) is 15.3. The third-order valence-electron chi connectivity index (χ3n) is 6.74. The van der Waals surface area contributed by atoms with E-state index in [9.17, 15) is 0 Å². The molecule has 4 heteroatoms. The SMILES string of the molecule is CN(C)[C@H](CN[C@@H]1C[C@H]2C[C@H]1[C@@H]1CCC[C@H]21)c1cnn(C)c1. The van der Waals surface area contributed by atoms with Gasteiger partial charge in [0, 0.05) is 37.4 Å². The molecule has 3 saturated carbocycles. The monoisotopic (exact) mass is 302 g/mol. The van der Waals surface area contributed by atoms with Crippen LogP contribution in [0.15, 0.2) is 12.4 Å². The molecule has 0 amide bonds. The first-order valence-electron chi connectivity index (χ1n) is 9.02. The van der Waals surface area contributed by atoms with Crippen molar-refractivity contribution >= 4 is 0 Å². The van der Waals surface area contributed by atoms with Crippen molar-refractivity contribution in [2.45, 2.75) is 44.2 Å². The van der Waals surface area contributed by atoms with Crippen LogP contribution in [0.4, 0.5) is 0 Å². The van der Waals surface area contributed by atoms with Gasteiger partial charge in [0.15, 0.2) is 0 Å². The van der Waals surface area contributed by atoms with E-state index in [1.807, 2.05) is 17.9 Å². The topological polar surface area (TPSA) is 33.1 Å². The van der Waals surface area contributed by atoms with Crippen LogP contribution in [-0.2, 0) is 7.05 Å². The Hall–Kier alpha value is -0.870. The lowest BCUT2D eigenvalue weighted by molar-refractivity contribution is 0.194. The molecular formula is C18H30N4. The highest BCUT2D eigenvalue weighted by Gasteiger charge is 2.53. The number of nitrogens with one attached hydrogen (secondary N) is 1. The molecule has 3 aliphatic carbocycles. The normalized spacial score (nSPS) is 37.9. The molecule has 0 aromatic carbocycles. The molecule has 1 aromatic heterocycles. The summed E-state index contributed by atoms with van der Waals surface area (Å²) in [6.07, 6.45) is 11.6. The molecule has 122 valence electrons. The highest BCUT2D eigenvalue weighted by atomic mass is 15.2. The number of hydrogen-bond acceptors (Lipinski definition) is 3. The van der Waals surface area contributed by atoms with Gasteiger partial charge in [0.05, 0.1) is 6.20 Å². The second-order valence-corrected chi connectivity index (χ2v) is 8.10. The largest absolute Gasteiger partial charge is 0.312 e. The molecule has 22 heavy (non-hydrogen) atoms. The van der Waals surface area contributed by atoms with E-state index in [4.69, 9.17) is 0 Å². The maximum Gasteiger partial charge on any atom is 0.0538 e. The van der Waals surface area contributed by atoms with E-state index >= 15 is 0 Å². The summed E-state index contributed by atoms with van der Waals surface area (Å²) >= 11 is 0. The van der Waals surface area contributed by atoms with E-state index in [1.54, 1.807) is 0 Å². The van der Waals surface area contributed by atoms with Crippen molar-refractivity contribution in [3.63, 3.8) is 0 Å². The first-order valence-corrected chi connectivity index (χ1v) is 9.02. The highest BCUT2D eigenvalue weighted by Crippen LogP contribution is 2.58. The minimum absolute atomic E-state index is 0.423. The minimum Gasteiger partial charge on any atom is -0.312 e. The molecule has 1 heterocycles.